The van der Waals surface area contributed by atoms with Crippen molar-refractivity contribution in [3.63, 3.8) is 0 Å². The van der Waals surface area contributed by atoms with E-state index in [9.17, 15) is 13.2 Å². The number of methoxy groups -OCH3 is 1. The van der Waals surface area contributed by atoms with Crippen LogP contribution in [-0.2, 0) is 12.7 Å². The van der Waals surface area contributed by atoms with Gasteiger partial charge in [-0.3, -0.25) is 0 Å². The average Bonchev–Trinajstić information content (AvgIpc) is 2.69. The van der Waals surface area contributed by atoms with Crippen molar-refractivity contribution in [3.8, 4) is 5.75 Å². The molecule has 1 saturated carbocycles. The molecule has 164 valence electrons. The molecule has 1 aromatic carbocycles. The Bertz CT molecular complexity index is 851. The summed E-state index contributed by atoms with van der Waals surface area (Å²) in [6.07, 6.45) is 1.10. The molecule has 1 heterocycles. The third-order valence-corrected chi connectivity index (χ3v) is 5.05. The minimum atomic E-state index is -4.53. The third kappa shape index (κ3) is 5.75. The molecule has 1 fully saturated rings. The molecular weight excluding hydrogens is 395 g/mol. The van der Waals surface area contributed by atoms with Crippen molar-refractivity contribution in [2.75, 3.05) is 31.8 Å². The van der Waals surface area contributed by atoms with Gasteiger partial charge < -0.3 is 20.3 Å². The molecule has 3 rings (SSSR count). The van der Waals surface area contributed by atoms with Gasteiger partial charge in [0.1, 0.15) is 17.1 Å². The first-order chi connectivity index (χ1) is 14.3. The summed E-state index contributed by atoms with van der Waals surface area (Å²) >= 11 is 0. The van der Waals surface area contributed by atoms with E-state index in [2.05, 4.69) is 20.6 Å². The monoisotopic (exact) mass is 423 g/mol. The Morgan fingerprint density at radius 2 is 1.90 bits per heavy atom. The smallest absolute Gasteiger partial charge is 0.421 e. The van der Waals surface area contributed by atoms with E-state index < -0.39 is 11.7 Å². The average molecular weight is 423 g/mol. The Kier molecular flexibility index (Phi) is 7.02. The molecule has 0 amide bonds. The number of benzene rings is 1. The minimum Gasteiger partial charge on any atom is -0.495 e. The first-order valence-corrected chi connectivity index (χ1v) is 10.1. The van der Waals surface area contributed by atoms with E-state index in [0.29, 0.717) is 11.4 Å². The molecule has 0 radical (unpaired) electrons. The fourth-order valence-corrected chi connectivity index (χ4v) is 3.62. The van der Waals surface area contributed by atoms with Gasteiger partial charge >= 0.3 is 6.18 Å². The highest BCUT2D eigenvalue weighted by molar-refractivity contribution is 5.64. The molecule has 1 aliphatic carbocycles. The van der Waals surface area contributed by atoms with Gasteiger partial charge in [-0.1, -0.05) is 25.3 Å². The maximum Gasteiger partial charge on any atom is 0.421 e. The SMILES string of the molecule is COc1cc(CN(C)C)ccc1Nc1ncc(C(F)(F)F)c(NC2CCCCC2)n1. The Morgan fingerprint density at radius 1 is 1.17 bits per heavy atom. The number of aromatic nitrogens is 2. The highest BCUT2D eigenvalue weighted by Crippen LogP contribution is 2.36. The standard InChI is InChI=1S/C21H28F3N5O/c1-29(2)13-14-9-10-17(18(11-14)30-3)27-20-25-12-16(21(22,23)24)19(28-20)26-15-7-5-4-6-8-15/h9-12,15H,4-8,13H2,1-3H3,(H2,25,26,27,28). The van der Waals surface area contributed by atoms with Gasteiger partial charge in [0.05, 0.1) is 12.8 Å². The topological polar surface area (TPSA) is 62.3 Å². The summed E-state index contributed by atoms with van der Waals surface area (Å²) in [7, 11) is 5.48. The zero-order valence-corrected chi connectivity index (χ0v) is 17.5. The number of alkyl halides is 3. The van der Waals surface area contributed by atoms with Crippen LogP contribution in [0, 0.1) is 0 Å². The lowest BCUT2D eigenvalue weighted by Crippen LogP contribution is -2.25. The van der Waals surface area contributed by atoms with Crippen molar-refractivity contribution in [1.29, 1.82) is 0 Å². The van der Waals surface area contributed by atoms with Crippen LogP contribution in [0.25, 0.3) is 0 Å². The van der Waals surface area contributed by atoms with Crippen LogP contribution in [0.5, 0.6) is 5.75 Å². The number of halogens is 3. The second-order valence-electron chi connectivity index (χ2n) is 7.83. The van der Waals surface area contributed by atoms with Crippen molar-refractivity contribution >= 4 is 17.5 Å². The summed E-state index contributed by atoms with van der Waals surface area (Å²) in [5, 5.41) is 5.99. The maximum atomic E-state index is 13.5. The largest absolute Gasteiger partial charge is 0.495 e. The van der Waals surface area contributed by atoms with E-state index >= 15 is 0 Å². The first-order valence-electron chi connectivity index (χ1n) is 10.1. The van der Waals surface area contributed by atoms with Gasteiger partial charge in [-0.05, 0) is 44.6 Å². The van der Waals surface area contributed by atoms with Crippen molar-refractivity contribution in [3.05, 3.63) is 35.5 Å². The van der Waals surface area contributed by atoms with E-state index in [1.54, 1.807) is 7.11 Å². The van der Waals surface area contributed by atoms with Crippen molar-refractivity contribution in [2.24, 2.45) is 0 Å². The summed E-state index contributed by atoms with van der Waals surface area (Å²) in [6.45, 7) is 0.739. The summed E-state index contributed by atoms with van der Waals surface area (Å²) in [5.74, 6) is 0.467. The Morgan fingerprint density at radius 3 is 2.53 bits per heavy atom. The number of hydrogen-bond donors (Lipinski definition) is 2. The number of ether oxygens (including phenoxy) is 1. The molecule has 6 nitrogen and oxygen atoms in total. The lowest BCUT2D eigenvalue weighted by molar-refractivity contribution is -0.137. The van der Waals surface area contributed by atoms with Gasteiger partial charge in [0.25, 0.3) is 0 Å². The van der Waals surface area contributed by atoms with Crippen LogP contribution in [-0.4, -0.2) is 42.1 Å². The summed E-state index contributed by atoms with van der Waals surface area (Å²) < 4.78 is 45.8. The zero-order chi connectivity index (χ0) is 21.7. The van der Waals surface area contributed by atoms with Gasteiger partial charge in [0.2, 0.25) is 5.95 Å². The molecule has 30 heavy (non-hydrogen) atoms. The van der Waals surface area contributed by atoms with E-state index in [4.69, 9.17) is 4.74 Å². The first kappa shape index (κ1) is 22.1. The molecule has 2 aromatic rings. The second-order valence-corrected chi connectivity index (χ2v) is 7.83. The fraction of sp³-hybridized carbons (Fsp3) is 0.524. The van der Waals surface area contributed by atoms with Crippen molar-refractivity contribution in [2.45, 2.75) is 50.9 Å². The quantitative estimate of drug-likeness (QED) is 0.650. The molecule has 0 saturated heterocycles. The highest BCUT2D eigenvalue weighted by Gasteiger charge is 2.36. The van der Waals surface area contributed by atoms with Crippen LogP contribution in [0.3, 0.4) is 0 Å². The fourth-order valence-electron chi connectivity index (χ4n) is 3.62. The highest BCUT2D eigenvalue weighted by atomic mass is 19.4. The van der Waals surface area contributed by atoms with E-state index in [1.807, 2.05) is 37.2 Å². The molecule has 1 aliphatic rings. The summed E-state index contributed by atoms with van der Waals surface area (Å²) in [6, 6.07) is 5.61. The number of hydrogen-bond acceptors (Lipinski definition) is 6. The lowest BCUT2D eigenvalue weighted by atomic mass is 9.95. The van der Waals surface area contributed by atoms with Gasteiger partial charge in [-0.2, -0.15) is 18.2 Å². The van der Waals surface area contributed by atoms with Crippen LogP contribution in [0.4, 0.5) is 30.6 Å². The predicted molar refractivity (Wildman–Crippen MR) is 111 cm³/mol. The van der Waals surface area contributed by atoms with Gasteiger partial charge in [0.15, 0.2) is 0 Å². The van der Waals surface area contributed by atoms with Crippen LogP contribution in [0.15, 0.2) is 24.4 Å². The predicted octanol–water partition coefficient (Wildman–Crippen LogP) is 5.05. The summed E-state index contributed by atoms with van der Waals surface area (Å²) in [5.41, 5.74) is 0.783. The Balaban J connectivity index is 1.86. The molecule has 1 aromatic heterocycles. The number of anilines is 3. The summed E-state index contributed by atoms with van der Waals surface area (Å²) in [4.78, 5) is 10.1. The molecule has 0 spiro atoms. The third-order valence-electron chi connectivity index (χ3n) is 5.05. The number of nitrogens with zero attached hydrogens (tertiary/aromatic N) is 3. The number of nitrogens with one attached hydrogen (secondary N) is 2. The zero-order valence-electron chi connectivity index (χ0n) is 17.5. The van der Waals surface area contributed by atoms with Gasteiger partial charge in [-0.15, -0.1) is 0 Å². The van der Waals surface area contributed by atoms with Crippen molar-refractivity contribution < 1.29 is 17.9 Å². The van der Waals surface area contributed by atoms with Crippen LogP contribution < -0.4 is 15.4 Å². The van der Waals surface area contributed by atoms with E-state index in [1.165, 1.54) is 0 Å². The maximum absolute atomic E-state index is 13.5. The molecule has 0 unspecified atom stereocenters. The molecule has 0 bridgehead atoms. The molecular formula is C21H28F3N5O. The van der Waals surface area contributed by atoms with Crippen molar-refractivity contribution in [1.82, 2.24) is 14.9 Å². The Labute approximate surface area is 174 Å². The number of rotatable bonds is 7. The second kappa shape index (κ2) is 9.51. The molecule has 0 aliphatic heterocycles. The van der Waals surface area contributed by atoms with Gasteiger partial charge in [-0.25, -0.2) is 4.98 Å². The van der Waals surface area contributed by atoms with E-state index in [-0.39, 0.29) is 17.8 Å². The lowest BCUT2D eigenvalue weighted by Gasteiger charge is -2.25. The Hall–Kier alpha value is -2.55. The van der Waals surface area contributed by atoms with Gasteiger partial charge in [0, 0.05) is 18.8 Å². The minimum absolute atomic E-state index is 0.0116. The normalized spacial score (nSPS) is 15.3. The van der Waals surface area contributed by atoms with Crippen LogP contribution in [0.2, 0.25) is 0 Å². The molecule has 2 N–H and O–H groups in total. The molecule has 0 atom stereocenters. The van der Waals surface area contributed by atoms with E-state index in [0.717, 1.165) is 50.4 Å². The van der Waals surface area contributed by atoms with Crippen LogP contribution >= 0.6 is 0 Å². The molecule has 9 heteroatoms. The van der Waals surface area contributed by atoms with Crippen LogP contribution in [0.1, 0.15) is 43.2 Å².